The second kappa shape index (κ2) is 7.09. The highest BCUT2D eigenvalue weighted by atomic mass is 32.1. The molecule has 19 heavy (non-hydrogen) atoms. The molecular weight excluding hydrogens is 260 g/mol. The van der Waals surface area contributed by atoms with Gasteiger partial charge in [0.1, 0.15) is 4.99 Å². The van der Waals surface area contributed by atoms with Crippen molar-refractivity contribution >= 4 is 28.9 Å². The summed E-state index contributed by atoms with van der Waals surface area (Å²) >= 11 is 5.07. The van der Waals surface area contributed by atoms with Crippen molar-refractivity contribution in [2.45, 2.75) is 20.3 Å². The van der Waals surface area contributed by atoms with Gasteiger partial charge in [-0.15, -0.1) is 0 Å². The van der Waals surface area contributed by atoms with Crippen LogP contribution in [0, 0.1) is 6.92 Å². The molecule has 1 rings (SSSR count). The molecular formula is C14H20N2O2S. The Morgan fingerprint density at radius 1 is 1.47 bits per heavy atom. The van der Waals surface area contributed by atoms with Crippen LogP contribution in [0.2, 0.25) is 0 Å². The lowest BCUT2D eigenvalue weighted by molar-refractivity contribution is -0.142. The molecule has 5 heteroatoms. The molecule has 4 nitrogen and oxygen atoms in total. The van der Waals surface area contributed by atoms with Gasteiger partial charge >= 0.3 is 5.97 Å². The summed E-state index contributed by atoms with van der Waals surface area (Å²) in [6.45, 7) is 4.76. The smallest absolute Gasteiger partial charge is 0.307 e. The van der Waals surface area contributed by atoms with Gasteiger partial charge < -0.3 is 15.4 Å². The van der Waals surface area contributed by atoms with Crippen molar-refractivity contribution in [2.24, 2.45) is 5.73 Å². The standard InChI is InChI=1S/C14H20N2O2S/c1-4-18-13(17)7-8-16(3)12-6-5-10(2)9-11(12)14(15)19/h5-6,9H,4,7-8H2,1-3H3,(H2,15,19). The summed E-state index contributed by atoms with van der Waals surface area (Å²) in [7, 11) is 1.91. The highest BCUT2D eigenvalue weighted by Gasteiger charge is 2.11. The first-order valence-corrected chi connectivity index (χ1v) is 6.63. The topological polar surface area (TPSA) is 55.6 Å². The minimum Gasteiger partial charge on any atom is -0.466 e. The van der Waals surface area contributed by atoms with E-state index in [1.54, 1.807) is 6.92 Å². The van der Waals surface area contributed by atoms with Crippen LogP contribution in [-0.4, -0.2) is 31.2 Å². The molecule has 2 N–H and O–H groups in total. The van der Waals surface area contributed by atoms with Crippen molar-refractivity contribution in [2.75, 3.05) is 25.1 Å². The van der Waals surface area contributed by atoms with Crippen LogP contribution in [-0.2, 0) is 9.53 Å². The predicted molar refractivity (Wildman–Crippen MR) is 81.6 cm³/mol. The molecule has 0 fully saturated rings. The first-order valence-electron chi connectivity index (χ1n) is 6.23. The summed E-state index contributed by atoms with van der Waals surface area (Å²) in [5.41, 5.74) is 8.61. The number of nitrogens with zero attached hydrogens (tertiary/aromatic N) is 1. The third-order valence-corrected chi connectivity index (χ3v) is 3.01. The Hall–Kier alpha value is -1.62. The minimum absolute atomic E-state index is 0.196. The highest BCUT2D eigenvalue weighted by molar-refractivity contribution is 7.80. The molecule has 0 radical (unpaired) electrons. The first-order chi connectivity index (χ1) is 8.95. The zero-order valence-corrected chi connectivity index (χ0v) is 12.4. The number of aryl methyl sites for hydroxylation is 1. The fourth-order valence-corrected chi connectivity index (χ4v) is 1.96. The van der Waals surface area contributed by atoms with Crippen molar-refractivity contribution < 1.29 is 9.53 Å². The number of anilines is 1. The molecule has 0 bridgehead atoms. The first kappa shape index (κ1) is 15.4. The van der Waals surface area contributed by atoms with E-state index in [0.717, 1.165) is 16.8 Å². The van der Waals surface area contributed by atoms with Crippen molar-refractivity contribution in [1.82, 2.24) is 0 Å². The molecule has 0 unspecified atom stereocenters. The average Bonchev–Trinajstić information content (AvgIpc) is 2.36. The Kier molecular flexibility index (Phi) is 5.76. The van der Waals surface area contributed by atoms with Crippen molar-refractivity contribution in [1.29, 1.82) is 0 Å². The summed E-state index contributed by atoms with van der Waals surface area (Å²) < 4.78 is 4.91. The SMILES string of the molecule is CCOC(=O)CCN(C)c1ccc(C)cc1C(N)=S. The largest absolute Gasteiger partial charge is 0.466 e. The highest BCUT2D eigenvalue weighted by Crippen LogP contribution is 2.21. The van der Waals surface area contributed by atoms with Crippen LogP contribution in [0.4, 0.5) is 5.69 Å². The molecule has 0 heterocycles. The van der Waals surface area contributed by atoms with E-state index in [-0.39, 0.29) is 5.97 Å². The summed E-state index contributed by atoms with van der Waals surface area (Å²) in [6, 6.07) is 5.92. The van der Waals surface area contributed by atoms with E-state index in [4.69, 9.17) is 22.7 Å². The van der Waals surface area contributed by atoms with Gasteiger partial charge in [0.05, 0.1) is 13.0 Å². The van der Waals surface area contributed by atoms with E-state index in [1.807, 2.05) is 37.1 Å². The van der Waals surface area contributed by atoms with Crippen molar-refractivity contribution in [3.05, 3.63) is 29.3 Å². The molecule has 0 spiro atoms. The van der Waals surface area contributed by atoms with Gasteiger partial charge in [-0.2, -0.15) is 0 Å². The Morgan fingerprint density at radius 3 is 2.74 bits per heavy atom. The number of hydrogen-bond acceptors (Lipinski definition) is 4. The summed E-state index contributed by atoms with van der Waals surface area (Å²) in [6.07, 6.45) is 0.342. The predicted octanol–water partition coefficient (Wildman–Crippen LogP) is 2.02. The van der Waals surface area contributed by atoms with Gasteiger partial charge in [0.25, 0.3) is 0 Å². The molecule has 1 aromatic carbocycles. The van der Waals surface area contributed by atoms with E-state index in [0.29, 0.717) is 24.6 Å². The summed E-state index contributed by atoms with van der Waals surface area (Å²) in [5, 5.41) is 0. The third-order valence-electron chi connectivity index (χ3n) is 2.79. The van der Waals surface area contributed by atoms with E-state index < -0.39 is 0 Å². The van der Waals surface area contributed by atoms with E-state index in [2.05, 4.69) is 0 Å². The fourth-order valence-electron chi connectivity index (χ4n) is 1.79. The van der Waals surface area contributed by atoms with Crippen LogP contribution in [0.15, 0.2) is 18.2 Å². The number of benzene rings is 1. The Labute approximate surface area is 119 Å². The van der Waals surface area contributed by atoms with Crippen LogP contribution in [0.3, 0.4) is 0 Å². The second-order valence-corrected chi connectivity index (χ2v) is 4.80. The number of esters is 1. The number of nitrogens with two attached hydrogens (primary N) is 1. The molecule has 104 valence electrons. The van der Waals surface area contributed by atoms with Gasteiger partial charge in [-0.05, 0) is 26.0 Å². The van der Waals surface area contributed by atoms with Gasteiger partial charge in [0.15, 0.2) is 0 Å². The molecule has 0 aliphatic carbocycles. The van der Waals surface area contributed by atoms with E-state index in [9.17, 15) is 4.79 Å². The second-order valence-electron chi connectivity index (χ2n) is 4.36. The van der Waals surface area contributed by atoms with E-state index in [1.165, 1.54) is 0 Å². The van der Waals surface area contributed by atoms with Crippen LogP contribution < -0.4 is 10.6 Å². The monoisotopic (exact) mass is 280 g/mol. The normalized spacial score (nSPS) is 10.1. The van der Waals surface area contributed by atoms with Crippen molar-refractivity contribution in [3.63, 3.8) is 0 Å². The zero-order valence-electron chi connectivity index (χ0n) is 11.6. The van der Waals surface area contributed by atoms with Crippen LogP contribution in [0.1, 0.15) is 24.5 Å². The number of carbonyl (C=O) groups excluding carboxylic acids is 1. The maximum atomic E-state index is 11.4. The Bertz CT molecular complexity index is 475. The fraction of sp³-hybridized carbons (Fsp3) is 0.429. The quantitative estimate of drug-likeness (QED) is 0.638. The molecule has 0 aromatic heterocycles. The van der Waals surface area contributed by atoms with Crippen molar-refractivity contribution in [3.8, 4) is 0 Å². The lowest BCUT2D eigenvalue weighted by atomic mass is 10.1. The molecule has 0 aliphatic heterocycles. The van der Waals surface area contributed by atoms with Gasteiger partial charge in [0.2, 0.25) is 0 Å². The maximum Gasteiger partial charge on any atom is 0.307 e. The Balaban J connectivity index is 2.79. The number of ether oxygens (including phenoxy) is 1. The van der Waals surface area contributed by atoms with Gasteiger partial charge in [0, 0.05) is 24.8 Å². The lowest BCUT2D eigenvalue weighted by Gasteiger charge is -2.22. The third kappa shape index (κ3) is 4.52. The number of thiocarbonyl (C=S) groups is 1. The molecule has 0 amide bonds. The number of hydrogen-bond donors (Lipinski definition) is 1. The van der Waals surface area contributed by atoms with Gasteiger partial charge in [-0.25, -0.2) is 0 Å². The minimum atomic E-state index is -0.196. The lowest BCUT2D eigenvalue weighted by Crippen LogP contribution is -2.25. The molecule has 0 aliphatic rings. The van der Waals surface area contributed by atoms with Crippen LogP contribution in [0.25, 0.3) is 0 Å². The molecule has 0 atom stereocenters. The van der Waals surface area contributed by atoms with Crippen LogP contribution >= 0.6 is 12.2 Å². The Morgan fingerprint density at radius 2 is 2.16 bits per heavy atom. The van der Waals surface area contributed by atoms with Gasteiger partial charge in [-0.3, -0.25) is 4.79 Å². The molecule has 0 saturated heterocycles. The number of rotatable bonds is 6. The van der Waals surface area contributed by atoms with Gasteiger partial charge in [-0.1, -0.05) is 23.8 Å². The summed E-state index contributed by atoms with van der Waals surface area (Å²) in [5.74, 6) is -0.196. The maximum absolute atomic E-state index is 11.4. The molecule has 1 aromatic rings. The summed E-state index contributed by atoms with van der Waals surface area (Å²) in [4.78, 5) is 13.7. The zero-order chi connectivity index (χ0) is 14.4. The number of carbonyl (C=O) groups is 1. The molecule has 0 saturated carbocycles. The van der Waals surface area contributed by atoms with Crippen LogP contribution in [0.5, 0.6) is 0 Å². The van der Waals surface area contributed by atoms with E-state index >= 15 is 0 Å². The average molecular weight is 280 g/mol.